The number of hydrogen-bond donors (Lipinski definition) is 2. The van der Waals surface area contributed by atoms with Crippen molar-refractivity contribution < 1.29 is 19.4 Å². The number of ether oxygens (including phenoxy) is 1. The molecule has 1 saturated carbocycles. The first kappa shape index (κ1) is 12.0. The standard InChI is InChI=1S/C11H18N2O4/c1-12-10(14)17-6-9-8-4-2-3-7(8)5-13(9)11(15)16/h7-9H,2-6H2,1H3,(H,12,14)(H,15,16). The Morgan fingerprint density at radius 3 is 2.88 bits per heavy atom. The molecule has 17 heavy (non-hydrogen) atoms. The number of nitrogens with one attached hydrogen (secondary N) is 1. The molecule has 1 aliphatic carbocycles. The average molecular weight is 242 g/mol. The smallest absolute Gasteiger partial charge is 0.407 e. The highest BCUT2D eigenvalue weighted by atomic mass is 16.5. The number of likely N-dealkylation sites (tertiary alicyclic amines) is 1. The van der Waals surface area contributed by atoms with Gasteiger partial charge in [-0.15, -0.1) is 0 Å². The van der Waals surface area contributed by atoms with Gasteiger partial charge in [-0.3, -0.25) is 0 Å². The average Bonchev–Trinajstić information content (AvgIpc) is 2.85. The molecule has 2 fully saturated rings. The lowest BCUT2D eigenvalue weighted by atomic mass is 9.94. The number of carbonyl (C=O) groups excluding carboxylic acids is 1. The monoisotopic (exact) mass is 242 g/mol. The number of carbonyl (C=O) groups is 2. The van der Waals surface area contributed by atoms with E-state index in [1.165, 1.54) is 11.9 Å². The fourth-order valence-corrected chi connectivity index (χ4v) is 3.08. The summed E-state index contributed by atoms with van der Waals surface area (Å²) >= 11 is 0. The van der Waals surface area contributed by atoms with Gasteiger partial charge < -0.3 is 20.1 Å². The van der Waals surface area contributed by atoms with Crippen LogP contribution in [0, 0.1) is 11.8 Å². The Labute approximate surface area is 99.9 Å². The molecule has 0 aromatic rings. The molecule has 1 aliphatic heterocycles. The van der Waals surface area contributed by atoms with E-state index >= 15 is 0 Å². The molecule has 96 valence electrons. The zero-order valence-corrected chi connectivity index (χ0v) is 9.89. The Morgan fingerprint density at radius 1 is 1.47 bits per heavy atom. The highest BCUT2D eigenvalue weighted by Gasteiger charge is 2.46. The summed E-state index contributed by atoms with van der Waals surface area (Å²) < 4.78 is 5.01. The van der Waals surface area contributed by atoms with Crippen molar-refractivity contribution >= 4 is 12.2 Å². The van der Waals surface area contributed by atoms with Crippen LogP contribution in [0.2, 0.25) is 0 Å². The molecular weight excluding hydrogens is 224 g/mol. The molecule has 2 amide bonds. The van der Waals surface area contributed by atoms with Crippen molar-refractivity contribution in [2.45, 2.75) is 25.3 Å². The topological polar surface area (TPSA) is 78.9 Å². The van der Waals surface area contributed by atoms with Crippen LogP contribution in [0.3, 0.4) is 0 Å². The van der Waals surface area contributed by atoms with Crippen molar-refractivity contribution in [1.82, 2.24) is 10.2 Å². The van der Waals surface area contributed by atoms with Gasteiger partial charge in [-0.2, -0.15) is 0 Å². The van der Waals surface area contributed by atoms with E-state index in [0.29, 0.717) is 18.4 Å². The first-order valence-corrected chi connectivity index (χ1v) is 5.97. The number of carboxylic acid groups (broad SMARTS) is 1. The van der Waals surface area contributed by atoms with E-state index in [-0.39, 0.29) is 12.6 Å². The summed E-state index contributed by atoms with van der Waals surface area (Å²) in [5, 5.41) is 11.5. The largest absolute Gasteiger partial charge is 0.465 e. The van der Waals surface area contributed by atoms with Gasteiger partial charge in [0.1, 0.15) is 6.61 Å². The minimum atomic E-state index is -0.912. The zero-order chi connectivity index (χ0) is 12.4. The van der Waals surface area contributed by atoms with Crippen LogP contribution in [-0.2, 0) is 4.74 Å². The van der Waals surface area contributed by atoms with E-state index in [1.807, 2.05) is 0 Å². The van der Waals surface area contributed by atoms with Crippen LogP contribution >= 0.6 is 0 Å². The van der Waals surface area contributed by atoms with Crippen LogP contribution in [0.15, 0.2) is 0 Å². The van der Waals surface area contributed by atoms with E-state index < -0.39 is 12.2 Å². The summed E-state index contributed by atoms with van der Waals surface area (Å²) in [5.74, 6) is 0.806. The minimum absolute atomic E-state index is 0.160. The van der Waals surface area contributed by atoms with Crippen LogP contribution in [0.1, 0.15) is 19.3 Å². The van der Waals surface area contributed by atoms with E-state index in [1.54, 1.807) is 0 Å². The van der Waals surface area contributed by atoms with Crippen molar-refractivity contribution in [2.24, 2.45) is 11.8 Å². The summed E-state index contributed by atoms with van der Waals surface area (Å²) in [7, 11) is 1.49. The molecule has 1 saturated heterocycles. The Morgan fingerprint density at radius 2 is 2.24 bits per heavy atom. The fraction of sp³-hybridized carbons (Fsp3) is 0.818. The molecule has 2 aliphatic rings. The maximum atomic E-state index is 11.1. The summed E-state index contributed by atoms with van der Waals surface area (Å²) in [6, 6.07) is -0.169. The first-order chi connectivity index (χ1) is 8.13. The third-order valence-corrected chi connectivity index (χ3v) is 3.88. The summed E-state index contributed by atoms with van der Waals surface area (Å²) in [4.78, 5) is 23.6. The molecule has 0 bridgehead atoms. The van der Waals surface area contributed by atoms with Crippen LogP contribution in [-0.4, -0.2) is 48.4 Å². The van der Waals surface area contributed by atoms with Crippen LogP contribution in [0.25, 0.3) is 0 Å². The van der Waals surface area contributed by atoms with Crippen molar-refractivity contribution in [3.63, 3.8) is 0 Å². The van der Waals surface area contributed by atoms with Crippen molar-refractivity contribution in [1.29, 1.82) is 0 Å². The Bertz CT molecular complexity index is 321. The predicted molar refractivity (Wildman–Crippen MR) is 59.8 cm³/mol. The van der Waals surface area contributed by atoms with E-state index in [2.05, 4.69) is 5.32 Å². The molecule has 3 atom stereocenters. The van der Waals surface area contributed by atoms with Gasteiger partial charge in [0.2, 0.25) is 0 Å². The van der Waals surface area contributed by atoms with E-state index in [4.69, 9.17) is 9.84 Å². The molecule has 6 nitrogen and oxygen atoms in total. The van der Waals surface area contributed by atoms with Crippen molar-refractivity contribution in [2.75, 3.05) is 20.2 Å². The number of hydrogen-bond acceptors (Lipinski definition) is 3. The third-order valence-electron chi connectivity index (χ3n) is 3.88. The van der Waals surface area contributed by atoms with E-state index in [0.717, 1.165) is 19.3 Å². The van der Waals surface area contributed by atoms with Crippen molar-refractivity contribution in [3.05, 3.63) is 0 Å². The van der Waals surface area contributed by atoms with Crippen LogP contribution in [0.5, 0.6) is 0 Å². The number of nitrogens with zero attached hydrogens (tertiary/aromatic N) is 1. The van der Waals surface area contributed by atoms with Crippen LogP contribution in [0.4, 0.5) is 9.59 Å². The molecule has 2 rings (SSSR count). The molecule has 2 N–H and O–H groups in total. The number of fused-ring (bicyclic) bond motifs is 1. The maximum absolute atomic E-state index is 11.1. The van der Waals surface area contributed by atoms with Crippen LogP contribution < -0.4 is 5.32 Å². The second-order valence-corrected chi connectivity index (χ2v) is 4.71. The number of amides is 2. The number of alkyl carbamates (subject to hydrolysis) is 1. The second-order valence-electron chi connectivity index (χ2n) is 4.71. The molecule has 0 spiro atoms. The molecule has 6 heteroatoms. The van der Waals surface area contributed by atoms with Gasteiger partial charge in [-0.05, 0) is 24.7 Å². The third kappa shape index (κ3) is 2.30. The summed E-state index contributed by atoms with van der Waals surface area (Å²) in [5.41, 5.74) is 0. The lowest BCUT2D eigenvalue weighted by molar-refractivity contribution is 0.0859. The van der Waals surface area contributed by atoms with Gasteiger partial charge in [0.15, 0.2) is 0 Å². The normalized spacial score (nSPS) is 31.1. The molecule has 3 unspecified atom stereocenters. The zero-order valence-electron chi connectivity index (χ0n) is 9.89. The van der Waals surface area contributed by atoms with Gasteiger partial charge in [0, 0.05) is 13.6 Å². The Balaban J connectivity index is 1.99. The molecule has 0 aromatic carbocycles. The van der Waals surface area contributed by atoms with E-state index in [9.17, 15) is 9.59 Å². The quantitative estimate of drug-likeness (QED) is 0.760. The van der Waals surface area contributed by atoms with Gasteiger partial charge in [-0.25, -0.2) is 9.59 Å². The van der Waals surface area contributed by atoms with Gasteiger partial charge >= 0.3 is 12.2 Å². The summed E-state index contributed by atoms with van der Waals surface area (Å²) in [6.07, 6.45) is 1.86. The SMILES string of the molecule is CNC(=O)OCC1C2CCCC2CN1C(=O)O. The second kappa shape index (κ2) is 4.81. The molecule has 0 radical (unpaired) electrons. The molecule has 0 aromatic heterocycles. The maximum Gasteiger partial charge on any atom is 0.407 e. The fourth-order valence-electron chi connectivity index (χ4n) is 3.08. The Kier molecular flexibility index (Phi) is 3.40. The number of rotatable bonds is 2. The minimum Gasteiger partial charge on any atom is -0.465 e. The van der Waals surface area contributed by atoms with Gasteiger partial charge in [0.25, 0.3) is 0 Å². The lowest BCUT2D eigenvalue weighted by Crippen LogP contribution is -2.41. The predicted octanol–water partition coefficient (Wildman–Crippen LogP) is 1.12. The van der Waals surface area contributed by atoms with Crippen molar-refractivity contribution in [3.8, 4) is 0 Å². The van der Waals surface area contributed by atoms with Gasteiger partial charge in [0.05, 0.1) is 6.04 Å². The highest BCUT2D eigenvalue weighted by Crippen LogP contribution is 2.42. The summed E-state index contributed by atoms with van der Waals surface area (Å²) in [6.45, 7) is 0.745. The highest BCUT2D eigenvalue weighted by molar-refractivity contribution is 5.67. The molecule has 1 heterocycles. The molecular formula is C11H18N2O4. The lowest BCUT2D eigenvalue weighted by Gasteiger charge is -2.24. The Hall–Kier alpha value is -1.46. The van der Waals surface area contributed by atoms with Gasteiger partial charge in [-0.1, -0.05) is 6.42 Å². The first-order valence-electron chi connectivity index (χ1n) is 5.97.